The Hall–Kier alpha value is -3.68. The Labute approximate surface area is 177 Å². The van der Waals surface area contributed by atoms with E-state index in [1.807, 2.05) is 38.2 Å². The predicted octanol–water partition coefficient (Wildman–Crippen LogP) is 3.38. The number of hydrogen-bond donors (Lipinski definition) is 2. The molecule has 31 heavy (non-hydrogen) atoms. The third-order valence-corrected chi connectivity index (χ3v) is 5.95. The van der Waals surface area contributed by atoms with Crippen LogP contribution in [-0.4, -0.2) is 30.2 Å². The normalized spacial score (nSPS) is 13.5. The van der Waals surface area contributed by atoms with Gasteiger partial charge in [0.2, 0.25) is 0 Å². The van der Waals surface area contributed by atoms with E-state index in [4.69, 9.17) is 0 Å². The zero-order chi connectivity index (χ0) is 22.3. The van der Waals surface area contributed by atoms with Gasteiger partial charge in [-0.3, -0.25) is 23.7 Å². The van der Waals surface area contributed by atoms with Gasteiger partial charge < -0.3 is 10.1 Å². The minimum atomic E-state index is -1.06. The fourth-order valence-electron chi connectivity index (χ4n) is 4.38. The van der Waals surface area contributed by atoms with E-state index in [2.05, 4.69) is 9.97 Å². The van der Waals surface area contributed by atoms with Crippen LogP contribution in [0.1, 0.15) is 49.9 Å². The zero-order valence-electron chi connectivity index (χ0n) is 17.6. The highest BCUT2D eigenvalue weighted by atomic mass is 16.4. The maximum absolute atomic E-state index is 13.6. The van der Waals surface area contributed by atoms with Gasteiger partial charge in [0, 0.05) is 35.1 Å². The summed E-state index contributed by atoms with van der Waals surface area (Å²) in [5.74, 6) is -1.06. The number of nitrogens with zero attached hydrogens (tertiary/aromatic N) is 3. The Balaban J connectivity index is 2.04. The first kappa shape index (κ1) is 20.6. The molecule has 3 heterocycles. The number of aromatic nitrogens is 4. The van der Waals surface area contributed by atoms with Crippen LogP contribution < -0.4 is 11.2 Å². The monoisotopic (exact) mass is 420 g/mol. The lowest BCUT2D eigenvalue weighted by molar-refractivity contribution is -0.138. The molecule has 0 amide bonds. The molecule has 0 aliphatic heterocycles. The smallest absolute Gasteiger partial charge is 0.332 e. The second kappa shape index (κ2) is 7.86. The van der Waals surface area contributed by atoms with Gasteiger partial charge >= 0.3 is 11.7 Å². The fraction of sp³-hybridized carbons (Fsp3) is 0.304. The lowest BCUT2D eigenvalue weighted by Gasteiger charge is -2.23. The zero-order valence-corrected chi connectivity index (χ0v) is 17.6. The van der Waals surface area contributed by atoms with E-state index >= 15 is 0 Å². The topological polar surface area (TPSA) is 110 Å². The van der Waals surface area contributed by atoms with Crippen molar-refractivity contribution in [2.75, 3.05) is 0 Å². The molecule has 0 spiro atoms. The van der Waals surface area contributed by atoms with E-state index in [0.29, 0.717) is 11.9 Å². The number of pyridine rings is 1. The Morgan fingerprint density at radius 3 is 2.71 bits per heavy atom. The fourth-order valence-corrected chi connectivity index (χ4v) is 4.38. The average Bonchev–Trinajstić information content (AvgIpc) is 3.18. The molecule has 0 aliphatic carbocycles. The summed E-state index contributed by atoms with van der Waals surface area (Å²) in [5.41, 5.74) is 2.40. The van der Waals surface area contributed by atoms with Crippen LogP contribution in [0.25, 0.3) is 21.8 Å². The predicted molar refractivity (Wildman–Crippen MR) is 119 cm³/mol. The van der Waals surface area contributed by atoms with Gasteiger partial charge in [0.15, 0.2) is 0 Å². The highest BCUT2D eigenvalue weighted by molar-refractivity contribution is 5.87. The Bertz CT molecular complexity index is 1410. The van der Waals surface area contributed by atoms with Gasteiger partial charge in [-0.05, 0) is 38.0 Å². The summed E-state index contributed by atoms with van der Waals surface area (Å²) >= 11 is 0. The van der Waals surface area contributed by atoms with Crippen LogP contribution in [0.2, 0.25) is 0 Å². The quantitative estimate of drug-likeness (QED) is 0.497. The molecular weight excluding hydrogens is 396 g/mol. The van der Waals surface area contributed by atoms with E-state index in [0.717, 1.165) is 26.6 Å². The van der Waals surface area contributed by atoms with Crippen molar-refractivity contribution >= 4 is 27.8 Å². The molecule has 8 heteroatoms. The SMILES string of the molecule is CCC(CC(=O)O)n1c(=O)c2cnccc2n([C@H](C)c2c[nH]c3cccc(C)c23)c1=O. The van der Waals surface area contributed by atoms with Crippen molar-refractivity contribution in [2.45, 2.75) is 45.7 Å². The van der Waals surface area contributed by atoms with Crippen molar-refractivity contribution in [2.24, 2.45) is 0 Å². The lowest BCUT2D eigenvalue weighted by atomic mass is 10.0. The number of H-pyrrole nitrogens is 1. The highest BCUT2D eigenvalue weighted by Crippen LogP contribution is 2.30. The van der Waals surface area contributed by atoms with E-state index in [9.17, 15) is 19.5 Å². The second-order valence-electron chi connectivity index (χ2n) is 7.80. The largest absolute Gasteiger partial charge is 0.481 e. The molecule has 0 bridgehead atoms. The number of benzene rings is 1. The molecular formula is C23H24N4O4. The summed E-state index contributed by atoms with van der Waals surface area (Å²) in [4.78, 5) is 45.5. The van der Waals surface area contributed by atoms with Gasteiger partial charge in [-0.15, -0.1) is 0 Å². The third-order valence-electron chi connectivity index (χ3n) is 5.95. The molecule has 160 valence electrons. The summed E-state index contributed by atoms with van der Waals surface area (Å²) in [6.07, 6.45) is 4.90. The van der Waals surface area contributed by atoms with Gasteiger partial charge in [-0.1, -0.05) is 19.1 Å². The van der Waals surface area contributed by atoms with Crippen LogP contribution in [0.3, 0.4) is 0 Å². The standard InChI is InChI=1S/C23H24N4O4/c1-4-15(10-20(28)29)27-22(30)17-11-24-9-8-19(17)26(23(27)31)14(3)16-12-25-18-7-5-6-13(2)21(16)18/h5-9,11-12,14-15,25H,4,10H2,1-3H3,(H,28,29)/t14-,15?/m1/s1. The van der Waals surface area contributed by atoms with E-state index in [-0.39, 0.29) is 11.8 Å². The van der Waals surface area contributed by atoms with Crippen LogP contribution in [-0.2, 0) is 4.79 Å². The molecule has 0 aliphatic rings. The molecule has 1 aromatic carbocycles. The number of fused-ring (bicyclic) bond motifs is 2. The summed E-state index contributed by atoms with van der Waals surface area (Å²) in [5, 5.41) is 10.6. The van der Waals surface area contributed by atoms with Crippen LogP contribution in [0.4, 0.5) is 0 Å². The Morgan fingerprint density at radius 1 is 1.23 bits per heavy atom. The van der Waals surface area contributed by atoms with Crippen molar-refractivity contribution in [1.29, 1.82) is 0 Å². The van der Waals surface area contributed by atoms with Gasteiger partial charge in [0.25, 0.3) is 5.56 Å². The van der Waals surface area contributed by atoms with Crippen LogP contribution >= 0.6 is 0 Å². The maximum Gasteiger partial charge on any atom is 0.332 e. The van der Waals surface area contributed by atoms with Crippen molar-refractivity contribution in [3.63, 3.8) is 0 Å². The van der Waals surface area contributed by atoms with Crippen molar-refractivity contribution in [3.8, 4) is 0 Å². The summed E-state index contributed by atoms with van der Waals surface area (Å²) in [7, 11) is 0. The van der Waals surface area contributed by atoms with Crippen molar-refractivity contribution in [3.05, 3.63) is 74.8 Å². The summed E-state index contributed by atoms with van der Waals surface area (Å²) in [6.45, 7) is 5.69. The van der Waals surface area contributed by atoms with Crippen LogP contribution in [0.5, 0.6) is 0 Å². The minimum Gasteiger partial charge on any atom is -0.481 e. The Kier molecular flexibility index (Phi) is 5.22. The van der Waals surface area contributed by atoms with Gasteiger partial charge in [-0.2, -0.15) is 0 Å². The number of carboxylic acid groups (broad SMARTS) is 1. The van der Waals surface area contributed by atoms with Crippen molar-refractivity contribution < 1.29 is 9.90 Å². The first-order valence-corrected chi connectivity index (χ1v) is 10.2. The summed E-state index contributed by atoms with van der Waals surface area (Å²) in [6, 6.07) is 6.46. The highest BCUT2D eigenvalue weighted by Gasteiger charge is 2.25. The lowest BCUT2D eigenvalue weighted by Crippen LogP contribution is -2.43. The molecule has 4 aromatic rings. The number of nitrogens with one attached hydrogen (secondary N) is 1. The molecule has 4 rings (SSSR count). The van der Waals surface area contributed by atoms with Crippen LogP contribution in [0.15, 0.2) is 52.4 Å². The number of rotatable bonds is 6. The number of aryl methyl sites for hydroxylation is 1. The molecule has 8 nitrogen and oxygen atoms in total. The van der Waals surface area contributed by atoms with Gasteiger partial charge in [0.05, 0.1) is 29.4 Å². The van der Waals surface area contributed by atoms with Crippen molar-refractivity contribution in [1.82, 2.24) is 19.1 Å². The first-order valence-electron chi connectivity index (χ1n) is 10.2. The minimum absolute atomic E-state index is 0.286. The number of aliphatic carboxylic acids is 1. The molecule has 3 aromatic heterocycles. The van der Waals surface area contributed by atoms with Gasteiger partial charge in [0.1, 0.15) is 0 Å². The molecule has 2 atom stereocenters. The summed E-state index contributed by atoms with van der Waals surface area (Å²) < 4.78 is 2.65. The van der Waals surface area contributed by atoms with E-state index in [1.54, 1.807) is 23.8 Å². The molecule has 2 N–H and O–H groups in total. The molecule has 0 fully saturated rings. The number of carbonyl (C=O) groups is 1. The number of carboxylic acids is 1. The third kappa shape index (κ3) is 3.34. The molecule has 0 saturated carbocycles. The first-order chi connectivity index (χ1) is 14.8. The average molecular weight is 420 g/mol. The molecule has 0 radical (unpaired) electrons. The van der Waals surface area contributed by atoms with Crippen LogP contribution in [0, 0.1) is 6.92 Å². The van der Waals surface area contributed by atoms with E-state index in [1.165, 1.54) is 6.20 Å². The number of hydrogen-bond acceptors (Lipinski definition) is 4. The van der Waals surface area contributed by atoms with E-state index < -0.39 is 29.3 Å². The maximum atomic E-state index is 13.6. The Morgan fingerprint density at radius 2 is 2.00 bits per heavy atom. The molecule has 0 saturated heterocycles. The number of aromatic amines is 1. The second-order valence-corrected chi connectivity index (χ2v) is 7.80. The van der Waals surface area contributed by atoms with Gasteiger partial charge in [-0.25, -0.2) is 4.79 Å². The molecule has 1 unspecified atom stereocenters.